The Balaban J connectivity index is 2.22. The van der Waals surface area contributed by atoms with Crippen LogP contribution in [0.15, 0.2) is 48.5 Å². The first kappa shape index (κ1) is 16.7. The van der Waals surface area contributed by atoms with E-state index in [4.69, 9.17) is 27.9 Å². The van der Waals surface area contributed by atoms with Gasteiger partial charge in [-0.15, -0.1) is 11.6 Å². The summed E-state index contributed by atoms with van der Waals surface area (Å²) in [4.78, 5) is 0. The Morgan fingerprint density at radius 3 is 2.50 bits per heavy atom. The number of alkyl halides is 4. The number of hydrogen-bond acceptors (Lipinski definition) is 1. The second-order valence-electron chi connectivity index (χ2n) is 4.37. The molecule has 2 aromatic rings. The Kier molecular flexibility index (Phi) is 5.37. The highest BCUT2D eigenvalue weighted by atomic mass is 35.5. The highest BCUT2D eigenvalue weighted by Gasteiger charge is 2.31. The lowest BCUT2D eigenvalue weighted by atomic mass is 10.2. The van der Waals surface area contributed by atoms with Gasteiger partial charge in [-0.3, -0.25) is 0 Å². The summed E-state index contributed by atoms with van der Waals surface area (Å²) >= 11 is 11.4. The first-order valence-corrected chi connectivity index (χ1v) is 7.18. The lowest BCUT2D eigenvalue weighted by Gasteiger charge is -2.11. The van der Waals surface area contributed by atoms with E-state index in [1.54, 1.807) is 24.3 Å². The minimum absolute atomic E-state index is 0.100. The predicted molar refractivity (Wildman–Crippen MR) is 82.7 cm³/mol. The summed E-state index contributed by atoms with van der Waals surface area (Å²) < 4.78 is 43.3. The van der Waals surface area contributed by atoms with Crippen LogP contribution in [0.5, 0.6) is 11.5 Å². The highest BCUT2D eigenvalue weighted by Crippen LogP contribution is 2.36. The fraction of sp³-hybridized carbons (Fsp3) is 0.125. The SMILES string of the molecule is FC(F)(F)c1ccc(Oc2cccc(C=CCCl)c2)c(Cl)c1. The van der Waals surface area contributed by atoms with Crippen LogP contribution in [0, 0.1) is 0 Å². The minimum Gasteiger partial charge on any atom is -0.456 e. The zero-order valence-electron chi connectivity index (χ0n) is 11.2. The number of halogens is 5. The van der Waals surface area contributed by atoms with E-state index in [1.807, 2.05) is 12.1 Å². The quantitative estimate of drug-likeness (QED) is 0.581. The molecule has 0 saturated carbocycles. The number of benzene rings is 2. The molecule has 0 radical (unpaired) electrons. The van der Waals surface area contributed by atoms with Crippen LogP contribution >= 0.6 is 23.2 Å². The van der Waals surface area contributed by atoms with Gasteiger partial charge in [0.05, 0.1) is 10.6 Å². The molecule has 0 aliphatic heterocycles. The van der Waals surface area contributed by atoms with Crippen molar-refractivity contribution in [3.8, 4) is 11.5 Å². The largest absolute Gasteiger partial charge is 0.456 e. The van der Waals surface area contributed by atoms with Gasteiger partial charge in [0.15, 0.2) is 0 Å². The van der Waals surface area contributed by atoms with Crippen molar-refractivity contribution in [2.45, 2.75) is 6.18 Å². The zero-order valence-corrected chi connectivity index (χ0v) is 12.7. The third-order valence-electron chi connectivity index (χ3n) is 2.74. The van der Waals surface area contributed by atoms with Gasteiger partial charge in [0.1, 0.15) is 11.5 Å². The summed E-state index contributed by atoms with van der Waals surface area (Å²) in [5, 5.41) is -0.100. The standard InChI is InChI=1S/C16H11Cl2F3O/c17-8-2-4-11-3-1-5-13(9-11)22-15-7-6-12(10-14(15)18)16(19,20)21/h1-7,9-10H,8H2. The van der Waals surface area contributed by atoms with Gasteiger partial charge in [0.25, 0.3) is 0 Å². The number of hydrogen-bond donors (Lipinski definition) is 0. The van der Waals surface area contributed by atoms with E-state index in [2.05, 4.69) is 0 Å². The highest BCUT2D eigenvalue weighted by molar-refractivity contribution is 6.32. The van der Waals surface area contributed by atoms with Gasteiger partial charge in [-0.25, -0.2) is 0 Å². The zero-order chi connectivity index (χ0) is 16.2. The second kappa shape index (κ2) is 7.07. The molecule has 1 nitrogen and oxygen atoms in total. The molecule has 6 heteroatoms. The van der Waals surface area contributed by atoms with Gasteiger partial charge in [-0.2, -0.15) is 13.2 Å². The van der Waals surface area contributed by atoms with Crippen molar-refractivity contribution < 1.29 is 17.9 Å². The Hall–Kier alpha value is -1.65. The van der Waals surface area contributed by atoms with Crippen molar-refractivity contribution in [2.75, 3.05) is 5.88 Å². The van der Waals surface area contributed by atoms with Crippen molar-refractivity contribution in [1.82, 2.24) is 0 Å². The summed E-state index contributed by atoms with van der Waals surface area (Å²) in [6.45, 7) is 0. The van der Waals surface area contributed by atoms with Crippen LogP contribution in [0.4, 0.5) is 13.2 Å². The minimum atomic E-state index is -4.44. The van der Waals surface area contributed by atoms with E-state index in [0.29, 0.717) is 11.6 Å². The van der Waals surface area contributed by atoms with Crippen molar-refractivity contribution in [2.24, 2.45) is 0 Å². The van der Waals surface area contributed by atoms with Crippen LogP contribution in [0.25, 0.3) is 6.08 Å². The lowest BCUT2D eigenvalue weighted by Crippen LogP contribution is -2.04. The van der Waals surface area contributed by atoms with Crippen molar-refractivity contribution in [1.29, 1.82) is 0 Å². The third kappa shape index (κ3) is 4.42. The molecule has 0 bridgehead atoms. The summed E-state index contributed by atoms with van der Waals surface area (Å²) in [5.74, 6) is 1.02. The van der Waals surface area contributed by atoms with Crippen LogP contribution < -0.4 is 4.74 Å². The summed E-state index contributed by atoms with van der Waals surface area (Å²) in [6.07, 6.45) is -0.853. The van der Waals surface area contributed by atoms with Crippen LogP contribution in [0.2, 0.25) is 5.02 Å². The van der Waals surface area contributed by atoms with E-state index in [0.717, 1.165) is 17.7 Å². The fourth-order valence-electron chi connectivity index (χ4n) is 1.75. The van der Waals surface area contributed by atoms with E-state index in [1.165, 1.54) is 6.07 Å². The Labute approximate surface area is 135 Å². The smallest absolute Gasteiger partial charge is 0.416 e. The molecule has 0 aliphatic rings. The van der Waals surface area contributed by atoms with E-state index in [9.17, 15) is 13.2 Å². The van der Waals surface area contributed by atoms with Crippen molar-refractivity contribution in [3.63, 3.8) is 0 Å². The molecule has 0 fully saturated rings. The van der Waals surface area contributed by atoms with Gasteiger partial charge in [-0.1, -0.05) is 35.9 Å². The normalized spacial score (nSPS) is 11.9. The van der Waals surface area contributed by atoms with Crippen LogP contribution in [0.1, 0.15) is 11.1 Å². The second-order valence-corrected chi connectivity index (χ2v) is 5.09. The molecule has 2 aromatic carbocycles. The van der Waals surface area contributed by atoms with Gasteiger partial charge < -0.3 is 4.74 Å². The van der Waals surface area contributed by atoms with E-state index < -0.39 is 11.7 Å². The Morgan fingerprint density at radius 2 is 1.86 bits per heavy atom. The molecular weight excluding hydrogens is 336 g/mol. The molecule has 2 rings (SSSR count). The Morgan fingerprint density at radius 1 is 1.09 bits per heavy atom. The van der Waals surface area contributed by atoms with Crippen molar-refractivity contribution in [3.05, 3.63) is 64.7 Å². The van der Waals surface area contributed by atoms with Crippen molar-refractivity contribution >= 4 is 29.3 Å². The summed E-state index contributed by atoms with van der Waals surface area (Å²) in [7, 11) is 0. The van der Waals surface area contributed by atoms with Gasteiger partial charge in [0, 0.05) is 5.88 Å². The number of ether oxygens (including phenoxy) is 1. The maximum atomic E-state index is 12.6. The van der Waals surface area contributed by atoms with E-state index >= 15 is 0 Å². The fourth-order valence-corrected chi connectivity index (χ4v) is 2.06. The first-order valence-electron chi connectivity index (χ1n) is 6.27. The molecule has 0 atom stereocenters. The van der Waals surface area contributed by atoms with E-state index in [-0.39, 0.29) is 10.8 Å². The summed E-state index contributed by atoms with van der Waals surface area (Å²) in [5.41, 5.74) is 0.0461. The van der Waals surface area contributed by atoms with Gasteiger partial charge in [-0.05, 0) is 35.9 Å². The molecule has 0 aromatic heterocycles. The van der Waals surface area contributed by atoms with Gasteiger partial charge in [0.2, 0.25) is 0 Å². The van der Waals surface area contributed by atoms with Crippen LogP contribution in [-0.2, 0) is 6.18 Å². The first-order chi connectivity index (χ1) is 10.4. The molecule has 0 heterocycles. The Bertz CT molecular complexity index is 681. The van der Waals surface area contributed by atoms with Gasteiger partial charge >= 0.3 is 6.18 Å². The predicted octanol–water partition coefficient (Wildman–Crippen LogP) is 6.40. The molecule has 22 heavy (non-hydrogen) atoms. The van der Waals surface area contributed by atoms with Crippen LogP contribution in [-0.4, -0.2) is 5.88 Å². The molecule has 0 spiro atoms. The average molecular weight is 347 g/mol. The maximum absolute atomic E-state index is 12.6. The molecule has 0 saturated heterocycles. The lowest BCUT2D eigenvalue weighted by molar-refractivity contribution is -0.137. The maximum Gasteiger partial charge on any atom is 0.416 e. The number of rotatable bonds is 4. The monoisotopic (exact) mass is 346 g/mol. The molecule has 0 unspecified atom stereocenters. The average Bonchev–Trinajstić information content (AvgIpc) is 2.46. The molecule has 116 valence electrons. The molecule has 0 N–H and O–H groups in total. The molecule has 0 aliphatic carbocycles. The summed E-state index contributed by atoms with van der Waals surface area (Å²) in [6, 6.07) is 10.0. The molecular formula is C16H11Cl2F3O. The topological polar surface area (TPSA) is 9.23 Å². The number of allylic oxidation sites excluding steroid dienone is 1. The van der Waals surface area contributed by atoms with Crippen LogP contribution in [0.3, 0.4) is 0 Å². The molecule has 0 amide bonds. The third-order valence-corrected chi connectivity index (χ3v) is 3.22.